The Kier molecular flexibility index (Phi) is 3.63. The van der Waals surface area contributed by atoms with Crippen LogP contribution in [0, 0.1) is 0 Å². The van der Waals surface area contributed by atoms with Gasteiger partial charge in [-0.05, 0) is 48.5 Å². The van der Waals surface area contributed by atoms with Crippen LogP contribution in [0.15, 0.2) is 77.5 Å². The van der Waals surface area contributed by atoms with E-state index in [0.29, 0.717) is 17.3 Å². The zero-order valence-corrected chi connectivity index (χ0v) is 13.0. The summed E-state index contributed by atoms with van der Waals surface area (Å²) in [5.74, 6) is -0.228. The number of carboxylic acid groups (broad SMARTS) is 1. The summed E-state index contributed by atoms with van der Waals surface area (Å²) in [6.07, 6.45) is 3.89. The van der Waals surface area contributed by atoms with E-state index in [4.69, 9.17) is 9.52 Å². The van der Waals surface area contributed by atoms with Crippen molar-refractivity contribution < 1.29 is 14.3 Å². The standard InChI is InChI=1S/C19H13N3O3/c23-19(24)14-9-7-13(8-10-14)17-20-21-18(25-17)15-5-1-2-6-16(15)22-11-3-4-12-22/h1-12H,(H,23,24). The van der Waals surface area contributed by atoms with Gasteiger partial charge in [0.25, 0.3) is 0 Å². The van der Waals surface area contributed by atoms with Crippen molar-refractivity contribution in [2.75, 3.05) is 0 Å². The Balaban J connectivity index is 1.72. The number of nitrogens with zero attached hydrogens (tertiary/aromatic N) is 3. The molecule has 122 valence electrons. The van der Waals surface area contributed by atoms with E-state index in [2.05, 4.69) is 10.2 Å². The van der Waals surface area contributed by atoms with Crippen molar-refractivity contribution in [1.29, 1.82) is 0 Å². The number of benzene rings is 2. The molecule has 2 aromatic carbocycles. The SMILES string of the molecule is O=C(O)c1ccc(-c2nnc(-c3ccccc3-n3cccc3)o2)cc1. The van der Waals surface area contributed by atoms with E-state index in [1.54, 1.807) is 12.1 Å². The Morgan fingerprint density at radius 1 is 0.880 bits per heavy atom. The highest BCUT2D eigenvalue weighted by Gasteiger charge is 2.14. The van der Waals surface area contributed by atoms with Gasteiger partial charge in [0.1, 0.15) is 0 Å². The van der Waals surface area contributed by atoms with Gasteiger partial charge in [0.05, 0.1) is 16.8 Å². The van der Waals surface area contributed by atoms with E-state index < -0.39 is 5.97 Å². The van der Waals surface area contributed by atoms with Gasteiger partial charge in [-0.2, -0.15) is 0 Å². The molecule has 6 heteroatoms. The number of carboxylic acids is 1. The number of hydrogen-bond acceptors (Lipinski definition) is 4. The monoisotopic (exact) mass is 331 g/mol. The number of para-hydroxylation sites is 1. The minimum atomic E-state index is -0.974. The molecule has 2 aromatic heterocycles. The molecular weight excluding hydrogens is 318 g/mol. The molecular formula is C19H13N3O3. The van der Waals surface area contributed by atoms with E-state index >= 15 is 0 Å². The Bertz CT molecular complexity index is 1020. The van der Waals surface area contributed by atoms with Gasteiger partial charge < -0.3 is 14.1 Å². The molecule has 0 spiro atoms. The summed E-state index contributed by atoms with van der Waals surface area (Å²) in [6, 6.07) is 18.0. The van der Waals surface area contributed by atoms with Crippen molar-refractivity contribution in [3.8, 4) is 28.6 Å². The van der Waals surface area contributed by atoms with Gasteiger partial charge in [-0.1, -0.05) is 12.1 Å². The topological polar surface area (TPSA) is 81.1 Å². The molecule has 0 aliphatic heterocycles. The molecule has 0 aliphatic carbocycles. The minimum absolute atomic E-state index is 0.210. The van der Waals surface area contributed by atoms with Gasteiger partial charge in [0.15, 0.2) is 0 Å². The lowest BCUT2D eigenvalue weighted by Crippen LogP contribution is -1.94. The molecule has 2 heterocycles. The number of aromatic nitrogens is 3. The first-order valence-electron chi connectivity index (χ1n) is 7.62. The van der Waals surface area contributed by atoms with Crippen molar-refractivity contribution in [3.63, 3.8) is 0 Å². The fourth-order valence-electron chi connectivity index (χ4n) is 2.58. The normalized spacial score (nSPS) is 10.7. The van der Waals surface area contributed by atoms with E-state index in [-0.39, 0.29) is 5.56 Å². The quantitative estimate of drug-likeness (QED) is 0.613. The van der Waals surface area contributed by atoms with Crippen LogP contribution >= 0.6 is 0 Å². The maximum atomic E-state index is 10.9. The highest BCUT2D eigenvalue weighted by molar-refractivity contribution is 5.88. The first-order valence-corrected chi connectivity index (χ1v) is 7.62. The number of carbonyl (C=O) groups is 1. The third-order valence-electron chi connectivity index (χ3n) is 3.82. The predicted octanol–water partition coefficient (Wildman–Crippen LogP) is 3.89. The number of rotatable bonds is 4. The second kappa shape index (κ2) is 6.09. The highest BCUT2D eigenvalue weighted by atomic mass is 16.4. The summed E-state index contributed by atoms with van der Waals surface area (Å²) in [5, 5.41) is 17.2. The predicted molar refractivity (Wildman–Crippen MR) is 91.5 cm³/mol. The van der Waals surface area contributed by atoms with E-state index in [9.17, 15) is 4.79 Å². The average molecular weight is 331 g/mol. The molecule has 0 atom stereocenters. The first kappa shape index (κ1) is 14.9. The van der Waals surface area contributed by atoms with Crippen LogP contribution in [0.1, 0.15) is 10.4 Å². The van der Waals surface area contributed by atoms with Crippen molar-refractivity contribution in [2.24, 2.45) is 0 Å². The summed E-state index contributed by atoms with van der Waals surface area (Å²) in [7, 11) is 0. The Morgan fingerprint density at radius 3 is 2.28 bits per heavy atom. The molecule has 0 unspecified atom stereocenters. The molecule has 0 bridgehead atoms. The largest absolute Gasteiger partial charge is 0.478 e. The highest BCUT2D eigenvalue weighted by Crippen LogP contribution is 2.28. The summed E-state index contributed by atoms with van der Waals surface area (Å²) in [4.78, 5) is 10.9. The van der Waals surface area contributed by atoms with Crippen molar-refractivity contribution in [3.05, 3.63) is 78.6 Å². The van der Waals surface area contributed by atoms with Crippen LogP contribution in [0.2, 0.25) is 0 Å². The summed E-state index contributed by atoms with van der Waals surface area (Å²) in [5.41, 5.74) is 2.63. The zero-order chi connectivity index (χ0) is 17.2. The number of aromatic carboxylic acids is 1. The minimum Gasteiger partial charge on any atom is -0.478 e. The van der Waals surface area contributed by atoms with Crippen LogP contribution in [-0.4, -0.2) is 25.8 Å². The maximum absolute atomic E-state index is 10.9. The molecule has 0 radical (unpaired) electrons. The lowest BCUT2D eigenvalue weighted by molar-refractivity contribution is 0.0697. The van der Waals surface area contributed by atoms with Gasteiger partial charge in [0, 0.05) is 18.0 Å². The lowest BCUT2D eigenvalue weighted by Gasteiger charge is -2.07. The second-order valence-electron chi connectivity index (χ2n) is 5.40. The summed E-state index contributed by atoms with van der Waals surface area (Å²) < 4.78 is 7.78. The van der Waals surface area contributed by atoms with E-state index in [1.165, 1.54) is 12.1 Å². The molecule has 4 aromatic rings. The third kappa shape index (κ3) is 2.81. The average Bonchev–Trinajstić information content (AvgIpc) is 3.34. The summed E-state index contributed by atoms with van der Waals surface area (Å²) in [6.45, 7) is 0. The van der Waals surface area contributed by atoms with Crippen LogP contribution in [0.5, 0.6) is 0 Å². The molecule has 0 saturated carbocycles. The number of hydrogen-bond donors (Lipinski definition) is 1. The van der Waals surface area contributed by atoms with E-state index in [1.807, 2.05) is 53.4 Å². The third-order valence-corrected chi connectivity index (χ3v) is 3.82. The molecule has 6 nitrogen and oxygen atoms in total. The van der Waals surface area contributed by atoms with Crippen LogP contribution in [0.25, 0.3) is 28.6 Å². The molecule has 0 amide bonds. The maximum Gasteiger partial charge on any atom is 0.335 e. The van der Waals surface area contributed by atoms with Crippen LogP contribution in [-0.2, 0) is 0 Å². The van der Waals surface area contributed by atoms with Crippen molar-refractivity contribution >= 4 is 5.97 Å². The van der Waals surface area contributed by atoms with Gasteiger partial charge in [-0.25, -0.2) is 4.79 Å². The Hall–Kier alpha value is -3.67. The lowest BCUT2D eigenvalue weighted by atomic mass is 10.1. The Morgan fingerprint density at radius 2 is 1.56 bits per heavy atom. The second-order valence-corrected chi connectivity index (χ2v) is 5.40. The fraction of sp³-hybridized carbons (Fsp3) is 0. The van der Waals surface area contributed by atoms with E-state index in [0.717, 1.165) is 11.3 Å². The van der Waals surface area contributed by atoms with Gasteiger partial charge in [0.2, 0.25) is 11.8 Å². The molecule has 0 fully saturated rings. The van der Waals surface area contributed by atoms with Gasteiger partial charge in [-0.3, -0.25) is 0 Å². The molecule has 4 rings (SSSR count). The zero-order valence-electron chi connectivity index (χ0n) is 13.0. The Labute approximate surface area is 143 Å². The van der Waals surface area contributed by atoms with Gasteiger partial charge in [-0.15, -0.1) is 10.2 Å². The molecule has 1 N–H and O–H groups in total. The van der Waals surface area contributed by atoms with Gasteiger partial charge >= 0.3 is 5.97 Å². The fourth-order valence-corrected chi connectivity index (χ4v) is 2.58. The smallest absolute Gasteiger partial charge is 0.335 e. The molecule has 25 heavy (non-hydrogen) atoms. The van der Waals surface area contributed by atoms with Crippen molar-refractivity contribution in [1.82, 2.24) is 14.8 Å². The van der Waals surface area contributed by atoms with Crippen LogP contribution in [0.3, 0.4) is 0 Å². The molecule has 0 saturated heterocycles. The van der Waals surface area contributed by atoms with Crippen LogP contribution < -0.4 is 0 Å². The van der Waals surface area contributed by atoms with Crippen molar-refractivity contribution in [2.45, 2.75) is 0 Å². The molecule has 0 aliphatic rings. The van der Waals surface area contributed by atoms with Crippen LogP contribution in [0.4, 0.5) is 0 Å². The summed E-state index contributed by atoms with van der Waals surface area (Å²) >= 11 is 0. The first-order chi connectivity index (χ1) is 12.2.